The molecule has 1 saturated heterocycles. The Balaban J connectivity index is 1.83. The van der Waals surface area contributed by atoms with Crippen molar-refractivity contribution in [2.45, 2.75) is 13.0 Å². The van der Waals surface area contributed by atoms with Gasteiger partial charge in [0.05, 0.1) is 12.7 Å². The molecule has 1 fully saturated rings. The second kappa shape index (κ2) is 6.25. The number of carbonyl (C=O) groups is 2. The maximum Gasteiger partial charge on any atom is 0.287 e. The first-order chi connectivity index (χ1) is 9.19. The molecule has 1 aliphatic rings. The highest BCUT2D eigenvalue weighted by Crippen LogP contribution is 1.98. The Kier molecular flexibility index (Phi) is 4.42. The molecule has 2 heterocycles. The van der Waals surface area contributed by atoms with E-state index in [2.05, 4.69) is 20.5 Å². The Morgan fingerprint density at radius 1 is 1.47 bits per heavy atom. The summed E-state index contributed by atoms with van der Waals surface area (Å²) in [4.78, 5) is 24.6. The number of hydrogen-bond donors (Lipinski definition) is 3. The van der Waals surface area contributed by atoms with Crippen LogP contribution in [-0.2, 0) is 11.3 Å². The summed E-state index contributed by atoms with van der Waals surface area (Å²) < 4.78 is 1.59. The maximum atomic E-state index is 11.2. The Labute approximate surface area is 110 Å². The van der Waals surface area contributed by atoms with Crippen LogP contribution in [0.15, 0.2) is 6.20 Å². The van der Waals surface area contributed by atoms with Gasteiger partial charge in [0.1, 0.15) is 0 Å². The van der Waals surface area contributed by atoms with Crippen LogP contribution in [0.2, 0.25) is 0 Å². The van der Waals surface area contributed by atoms with Crippen molar-refractivity contribution in [3.63, 3.8) is 0 Å². The van der Waals surface area contributed by atoms with Gasteiger partial charge in [0.2, 0.25) is 5.91 Å². The van der Waals surface area contributed by atoms with E-state index in [9.17, 15) is 9.59 Å². The van der Waals surface area contributed by atoms with Crippen LogP contribution in [-0.4, -0.2) is 57.9 Å². The van der Waals surface area contributed by atoms with Crippen molar-refractivity contribution in [3.8, 4) is 0 Å². The number of hydrogen-bond acceptors (Lipinski definition) is 6. The molecule has 0 atom stereocenters. The standard InChI is InChI=1S/C10H17N7O2/c11-13-10(19)8-7-17(15-14-8)6-5-16-3-1-9(18)12-2-4-16/h7H,1-6,11H2,(H,12,18)(H,13,19). The minimum absolute atomic E-state index is 0.0881. The zero-order valence-electron chi connectivity index (χ0n) is 10.5. The van der Waals surface area contributed by atoms with Crippen molar-refractivity contribution in [1.29, 1.82) is 0 Å². The summed E-state index contributed by atoms with van der Waals surface area (Å²) in [7, 11) is 0. The highest BCUT2D eigenvalue weighted by molar-refractivity contribution is 5.91. The van der Waals surface area contributed by atoms with E-state index >= 15 is 0 Å². The fourth-order valence-electron chi connectivity index (χ4n) is 1.87. The number of nitrogens with zero attached hydrogens (tertiary/aromatic N) is 4. The predicted octanol–water partition coefficient (Wildman–Crippen LogP) is -2.30. The van der Waals surface area contributed by atoms with Crippen LogP contribution < -0.4 is 16.6 Å². The monoisotopic (exact) mass is 267 g/mol. The lowest BCUT2D eigenvalue weighted by atomic mass is 10.4. The number of hydrazine groups is 1. The number of nitrogens with two attached hydrogens (primary N) is 1. The molecule has 104 valence electrons. The van der Waals surface area contributed by atoms with Crippen LogP contribution >= 0.6 is 0 Å². The van der Waals surface area contributed by atoms with Gasteiger partial charge in [0.25, 0.3) is 5.91 Å². The average molecular weight is 267 g/mol. The van der Waals surface area contributed by atoms with Gasteiger partial charge < -0.3 is 5.32 Å². The fraction of sp³-hybridized carbons (Fsp3) is 0.600. The number of amides is 2. The van der Waals surface area contributed by atoms with Crippen LogP contribution in [0.3, 0.4) is 0 Å². The first-order valence-electron chi connectivity index (χ1n) is 6.09. The SMILES string of the molecule is NNC(=O)c1cn(CCN2CCNC(=O)CC2)nn1. The third-order valence-corrected chi connectivity index (χ3v) is 2.95. The van der Waals surface area contributed by atoms with E-state index in [4.69, 9.17) is 5.84 Å². The van der Waals surface area contributed by atoms with E-state index in [1.165, 1.54) is 0 Å². The quantitative estimate of drug-likeness (QED) is 0.321. The topological polar surface area (TPSA) is 118 Å². The number of nitrogen functional groups attached to an aromatic ring is 1. The molecule has 0 aliphatic carbocycles. The van der Waals surface area contributed by atoms with Crippen LogP contribution in [0, 0.1) is 0 Å². The smallest absolute Gasteiger partial charge is 0.287 e. The summed E-state index contributed by atoms with van der Waals surface area (Å²) in [5, 5.41) is 10.4. The summed E-state index contributed by atoms with van der Waals surface area (Å²) in [6.45, 7) is 3.57. The van der Waals surface area contributed by atoms with Crippen LogP contribution in [0.25, 0.3) is 0 Å². The van der Waals surface area contributed by atoms with Crippen LogP contribution in [0.5, 0.6) is 0 Å². The molecule has 4 N–H and O–H groups in total. The minimum atomic E-state index is -0.462. The van der Waals surface area contributed by atoms with Crippen molar-refractivity contribution >= 4 is 11.8 Å². The van der Waals surface area contributed by atoms with E-state index in [1.54, 1.807) is 10.9 Å². The van der Waals surface area contributed by atoms with Crippen molar-refractivity contribution in [1.82, 2.24) is 30.6 Å². The molecular weight excluding hydrogens is 250 g/mol. The molecule has 0 saturated carbocycles. The third-order valence-electron chi connectivity index (χ3n) is 2.95. The van der Waals surface area contributed by atoms with Gasteiger partial charge in [-0.1, -0.05) is 5.21 Å². The average Bonchev–Trinajstić information content (AvgIpc) is 2.79. The largest absolute Gasteiger partial charge is 0.355 e. The molecule has 9 nitrogen and oxygen atoms in total. The van der Waals surface area contributed by atoms with Crippen LogP contribution in [0.1, 0.15) is 16.9 Å². The van der Waals surface area contributed by atoms with Crippen molar-refractivity contribution in [3.05, 3.63) is 11.9 Å². The number of nitrogens with one attached hydrogen (secondary N) is 2. The van der Waals surface area contributed by atoms with E-state index < -0.39 is 5.91 Å². The first kappa shape index (κ1) is 13.4. The number of aromatic nitrogens is 3. The van der Waals surface area contributed by atoms with Gasteiger partial charge >= 0.3 is 0 Å². The Hall–Kier alpha value is -2.00. The molecule has 0 bridgehead atoms. The predicted molar refractivity (Wildman–Crippen MR) is 65.7 cm³/mol. The van der Waals surface area contributed by atoms with Gasteiger partial charge in [0.15, 0.2) is 5.69 Å². The molecule has 9 heteroatoms. The highest BCUT2D eigenvalue weighted by atomic mass is 16.2. The van der Waals surface area contributed by atoms with E-state index in [0.29, 0.717) is 19.5 Å². The third kappa shape index (κ3) is 3.73. The molecule has 1 aliphatic heterocycles. The van der Waals surface area contributed by atoms with E-state index in [-0.39, 0.29) is 11.6 Å². The van der Waals surface area contributed by atoms with Crippen molar-refractivity contribution < 1.29 is 9.59 Å². The lowest BCUT2D eigenvalue weighted by molar-refractivity contribution is -0.120. The molecule has 0 aromatic carbocycles. The van der Waals surface area contributed by atoms with Crippen molar-refractivity contribution in [2.75, 3.05) is 26.2 Å². The van der Waals surface area contributed by atoms with Crippen LogP contribution in [0.4, 0.5) is 0 Å². The van der Waals surface area contributed by atoms with Gasteiger partial charge in [0, 0.05) is 32.6 Å². The summed E-state index contributed by atoms with van der Waals surface area (Å²) >= 11 is 0. The molecule has 1 aromatic rings. The molecule has 2 amide bonds. The fourth-order valence-corrected chi connectivity index (χ4v) is 1.87. The molecule has 0 radical (unpaired) electrons. The highest BCUT2D eigenvalue weighted by Gasteiger charge is 2.14. The van der Waals surface area contributed by atoms with E-state index in [1.807, 2.05) is 5.43 Å². The Bertz CT molecular complexity index is 458. The second-order valence-corrected chi connectivity index (χ2v) is 4.28. The van der Waals surface area contributed by atoms with E-state index in [0.717, 1.165) is 19.6 Å². The summed E-state index contributed by atoms with van der Waals surface area (Å²) in [6, 6.07) is 0. The molecule has 2 rings (SSSR count). The summed E-state index contributed by atoms with van der Waals surface area (Å²) in [5.41, 5.74) is 2.19. The molecule has 1 aromatic heterocycles. The molecule has 19 heavy (non-hydrogen) atoms. The van der Waals surface area contributed by atoms with Gasteiger partial charge in [-0.25, -0.2) is 5.84 Å². The first-order valence-corrected chi connectivity index (χ1v) is 6.09. The maximum absolute atomic E-state index is 11.2. The van der Waals surface area contributed by atoms with Gasteiger partial charge in [-0.15, -0.1) is 5.10 Å². The summed E-state index contributed by atoms with van der Waals surface area (Å²) in [6.07, 6.45) is 2.06. The molecule has 0 spiro atoms. The number of rotatable bonds is 4. The number of carbonyl (C=O) groups excluding carboxylic acids is 2. The Morgan fingerprint density at radius 2 is 2.32 bits per heavy atom. The Morgan fingerprint density at radius 3 is 3.11 bits per heavy atom. The zero-order valence-corrected chi connectivity index (χ0v) is 10.5. The zero-order chi connectivity index (χ0) is 13.7. The molecular formula is C10H17N7O2. The van der Waals surface area contributed by atoms with Gasteiger partial charge in [-0.3, -0.25) is 24.6 Å². The minimum Gasteiger partial charge on any atom is -0.355 e. The lowest BCUT2D eigenvalue weighted by Crippen LogP contribution is -2.31. The molecule has 0 unspecified atom stereocenters. The van der Waals surface area contributed by atoms with Crippen molar-refractivity contribution in [2.24, 2.45) is 5.84 Å². The lowest BCUT2D eigenvalue weighted by Gasteiger charge is -2.18. The normalized spacial score (nSPS) is 16.8. The summed E-state index contributed by atoms with van der Waals surface area (Å²) in [5.74, 6) is 4.64. The van der Waals surface area contributed by atoms with Gasteiger partial charge in [-0.05, 0) is 0 Å². The second-order valence-electron chi connectivity index (χ2n) is 4.28. The van der Waals surface area contributed by atoms with Gasteiger partial charge in [-0.2, -0.15) is 0 Å².